The summed E-state index contributed by atoms with van der Waals surface area (Å²) in [5.41, 5.74) is 0. The van der Waals surface area contributed by atoms with Gasteiger partial charge in [-0.3, -0.25) is 4.68 Å². The summed E-state index contributed by atoms with van der Waals surface area (Å²) >= 11 is 0. The van der Waals surface area contributed by atoms with Gasteiger partial charge in [0.25, 0.3) is 0 Å². The van der Waals surface area contributed by atoms with Gasteiger partial charge >= 0.3 is 0 Å². The topological polar surface area (TPSA) is 68.8 Å². The molecule has 0 amide bonds. The number of aromatic nitrogens is 4. The minimum absolute atomic E-state index is 0.266. The van der Waals surface area contributed by atoms with Crippen molar-refractivity contribution in [1.29, 1.82) is 0 Å². The van der Waals surface area contributed by atoms with Crippen molar-refractivity contribution >= 4 is 0 Å². The standard InChI is InChI=1S/C11H17N5O/c1-8(9(2)16-6-4-5-13-16)12-7-11-15-14-10(3)17-11/h4-6,8-9,12H,7H2,1-3H3. The minimum atomic E-state index is 0.266. The summed E-state index contributed by atoms with van der Waals surface area (Å²) in [5, 5.41) is 15.3. The van der Waals surface area contributed by atoms with Crippen LogP contribution in [-0.2, 0) is 6.54 Å². The van der Waals surface area contributed by atoms with Crippen LogP contribution in [0.4, 0.5) is 0 Å². The Bertz CT molecular complexity index is 450. The van der Waals surface area contributed by atoms with Crippen LogP contribution in [0, 0.1) is 6.92 Å². The summed E-state index contributed by atoms with van der Waals surface area (Å²) < 4.78 is 7.22. The smallest absolute Gasteiger partial charge is 0.230 e. The van der Waals surface area contributed by atoms with Crippen LogP contribution in [0.3, 0.4) is 0 Å². The lowest BCUT2D eigenvalue weighted by Gasteiger charge is -2.20. The highest BCUT2D eigenvalue weighted by molar-refractivity contribution is 4.85. The first-order valence-corrected chi connectivity index (χ1v) is 5.68. The number of aryl methyl sites for hydroxylation is 1. The Morgan fingerprint density at radius 2 is 2.24 bits per heavy atom. The maximum absolute atomic E-state index is 5.30. The molecule has 0 aliphatic heterocycles. The molecule has 0 aliphatic rings. The molecular weight excluding hydrogens is 218 g/mol. The van der Waals surface area contributed by atoms with Crippen LogP contribution in [0.15, 0.2) is 22.9 Å². The van der Waals surface area contributed by atoms with Crippen molar-refractivity contribution in [2.75, 3.05) is 0 Å². The van der Waals surface area contributed by atoms with Gasteiger partial charge in [0.1, 0.15) is 0 Å². The lowest BCUT2D eigenvalue weighted by molar-refractivity contribution is 0.345. The molecule has 0 saturated heterocycles. The maximum Gasteiger partial charge on any atom is 0.230 e. The summed E-state index contributed by atoms with van der Waals surface area (Å²) in [5.74, 6) is 1.21. The zero-order valence-corrected chi connectivity index (χ0v) is 10.3. The fourth-order valence-corrected chi connectivity index (χ4v) is 1.58. The highest BCUT2D eigenvalue weighted by Crippen LogP contribution is 2.09. The molecule has 0 spiro atoms. The average Bonchev–Trinajstić information content (AvgIpc) is 2.95. The predicted molar refractivity (Wildman–Crippen MR) is 62.3 cm³/mol. The summed E-state index contributed by atoms with van der Waals surface area (Å²) in [6.45, 7) is 6.58. The summed E-state index contributed by atoms with van der Waals surface area (Å²) in [6, 6.07) is 2.46. The lowest BCUT2D eigenvalue weighted by Crippen LogP contribution is -2.33. The third kappa shape index (κ3) is 2.91. The number of nitrogens with one attached hydrogen (secondary N) is 1. The van der Waals surface area contributed by atoms with Crippen LogP contribution in [0.25, 0.3) is 0 Å². The SMILES string of the molecule is Cc1nnc(CNC(C)C(C)n2cccn2)o1. The van der Waals surface area contributed by atoms with E-state index in [1.807, 2.05) is 16.9 Å². The molecule has 0 bridgehead atoms. The number of nitrogens with zero attached hydrogens (tertiary/aromatic N) is 4. The first kappa shape index (κ1) is 11.8. The fourth-order valence-electron chi connectivity index (χ4n) is 1.58. The zero-order chi connectivity index (χ0) is 12.3. The number of hydrogen-bond donors (Lipinski definition) is 1. The van der Waals surface area contributed by atoms with E-state index in [0.29, 0.717) is 18.3 Å². The van der Waals surface area contributed by atoms with Gasteiger partial charge in [0.05, 0.1) is 12.6 Å². The van der Waals surface area contributed by atoms with Crippen LogP contribution >= 0.6 is 0 Å². The molecule has 0 aromatic carbocycles. The van der Waals surface area contributed by atoms with E-state index < -0.39 is 0 Å². The molecule has 92 valence electrons. The third-order valence-corrected chi connectivity index (χ3v) is 2.81. The average molecular weight is 235 g/mol. The number of hydrogen-bond acceptors (Lipinski definition) is 5. The quantitative estimate of drug-likeness (QED) is 0.846. The van der Waals surface area contributed by atoms with Crippen molar-refractivity contribution in [2.45, 2.75) is 39.4 Å². The van der Waals surface area contributed by atoms with E-state index in [1.54, 1.807) is 13.1 Å². The Morgan fingerprint density at radius 1 is 1.41 bits per heavy atom. The molecule has 1 N–H and O–H groups in total. The first-order chi connectivity index (χ1) is 8.16. The molecule has 2 aromatic heterocycles. The van der Waals surface area contributed by atoms with Gasteiger partial charge in [-0.1, -0.05) is 0 Å². The largest absolute Gasteiger partial charge is 0.424 e. The zero-order valence-electron chi connectivity index (χ0n) is 10.3. The maximum atomic E-state index is 5.30. The van der Waals surface area contributed by atoms with Crippen molar-refractivity contribution in [1.82, 2.24) is 25.3 Å². The normalized spacial score (nSPS) is 14.8. The van der Waals surface area contributed by atoms with Gasteiger partial charge in [-0.25, -0.2) is 0 Å². The summed E-state index contributed by atoms with van der Waals surface area (Å²) in [4.78, 5) is 0. The molecule has 17 heavy (non-hydrogen) atoms. The molecule has 2 aromatic rings. The lowest BCUT2D eigenvalue weighted by atomic mass is 10.2. The van der Waals surface area contributed by atoms with Crippen molar-refractivity contribution < 1.29 is 4.42 Å². The molecule has 6 nitrogen and oxygen atoms in total. The second-order valence-electron chi connectivity index (χ2n) is 4.11. The number of rotatable bonds is 5. The molecule has 2 unspecified atom stereocenters. The van der Waals surface area contributed by atoms with Crippen LogP contribution in [-0.4, -0.2) is 26.0 Å². The second-order valence-corrected chi connectivity index (χ2v) is 4.11. The van der Waals surface area contributed by atoms with Gasteiger partial charge in [-0.2, -0.15) is 5.10 Å². The van der Waals surface area contributed by atoms with E-state index in [9.17, 15) is 0 Å². The van der Waals surface area contributed by atoms with Crippen molar-refractivity contribution in [3.8, 4) is 0 Å². The predicted octanol–water partition coefficient (Wildman–Crippen LogP) is 1.31. The molecule has 0 radical (unpaired) electrons. The molecule has 0 saturated carbocycles. The van der Waals surface area contributed by atoms with E-state index >= 15 is 0 Å². The van der Waals surface area contributed by atoms with Gasteiger partial charge in [-0.15, -0.1) is 10.2 Å². The van der Waals surface area contributed by atoms with Gasteiger partial charge in [0, 0.05) is 25.4 Å². The van der Waals surface area contributed by atoms with E-state index in [0.717, 1.165) is 0 Å². The first-order valence-electron chi connectivity index (χ1n) is 5.68. The monoisotopic (exact) mass is 235 g/mol. The highest BCUT2D eigenvalue weighted by Gasteiger charge is 2.14. The fraction of sp³-hybridized carbons (Fsp3) is 0.545. The van der Waals surface area contributed by atoms with Crippen LogP contribution in [0.1, 0.15) is 31.7 Å². The molecule has 2 atom stereocenters. The molecule has 2 heterocycles. The molecular formula is C11H17N5O. The van der Waals surface area contributed by atoms with Gasteiger partial charge in [0.15, 0.2) is 0 Å². The Balaban J connectivity index is 1.87. The van der Waals surface area contributed by atoms with E-state index in [2.05, 4.69) is 34.5 Å². The van der Waals surface area contributed by atoms with Crippen LogP contribution in [0.2, 0.25) is 0 Å². The van der Waals surface area contributed by atoms with E-state index in [4.69, 9.17) is 4.42 Å². The van der Waals surface area contributed by atoms with Crippen molar-refractivity contribution in [2.24, 2.45) is 0 Å². The second kappa shape index (κ2) is 5.09. The Labute approximate surface area is 100 Å². The van der Waals surface area contributed by atoms with Crippen LogP contribution < -0.4 is 5.32 Å². The highest BCUT2D eigenvalue weighted by atomic mass is 16.4. The van der Waals surface area contributed by atoms with E-state index in [1.165, 1.54) is 0 Å². The molecule has 0 aliphatic carbocycles. The molecule has 2 rings (SSSR count). The van der Waals surface area contributed by atoms with Gasteiger partial charge < -0.3 is 9.73 Å². The summed E-state index contributed by atoms with van der Waals surface area (Å²) in [6.07, 6.45) is 3.74. The Hall–Kier alpha value is -1.69. The third-order valence-electron chi connectivity index (χ3n) is 2.81. The van der Waals surface area contributed by atoms with Gasteiger partial charge in [0.2, 0.25) is 11.8 Å². The summed E-state index contributed by atoms with van der Waals surface area (Å²) in [7, 11) is 0. The van der Waals surface area contributed by atoms with Crippen molar-refractivity contribution in [3.05, 3.63) is 30.2 Å². The Kier molecular flexibility index (Phi) is 3.53. The Morgan fingerprint density at radius 3 is 2.82 bits per heavy atom. The van der Waals surface area contributed by atoms with Crippen molar-refractivity contribution in [3.63, 3.8) is 0 Å². The molecule has 0 fully saturated rings. The minimum Gasteiger partial charge on any atom is -0.424 e. The van der Waals surface area contributed by atoms with Crippen LogP contribution in [0.5, 0.6) is 0 Å². The van der Waals surface area contributed by atoms with E-state index in [-0.39, 0.29) is 12.1 Å². The molecule has 6 heteroatoms. The van der Waals surface area contributed by atoms with Gasteiger partial charge in [-0.05, 0) is 19.9 Å².